The Morgan fingerprint density at radius 3 is 1.07 bits per heavy atom. The van der Waals surface area contributed by atoms with Gasteiger partial charge < -0.3 is 14.2 Å². The second kappa shape index (κ2) is 60.4. The van der Waals surface area contributed by atoms with Crippen LogP contribution in [-0.2, 0) is 23.8 Å². The molecule has 1 unspecified atom stereocenters. The highest BCUT2D eigenvalue weighted by atomic mass is 16.6. The van der Waals surface area contributed by atoms with Crippen molar-refractivity contribution in [2.24, 2.45) is 0 Å². The zero-order chi connectivity index (χ0) is 50.6. The molecule has 0 bridgehead atoms. The second-order valence-electron chi connectivity index (χ2n) is 19.9. The Morgan fingerprint density at radius 1 is 0.329 bits per heavy atom. The summed E-state index contributed by atoms with van der Waals surface area (Å²) >= 11 is 0. The fourth-order valence-corrected chi connectivity index (χ4v) is 8.41. The van der Waals surface area contributed by atoms with E-state index in [9.17, 15) is 9.59 Å². The largest absolute Gasteiger partial charge is 0.462 e. The van der Waals surface area contributed by atoms with E-state index in [1.165, 1.54) is 161 Å². The average Bonchev–Trinajstić information content (AvgIpc) is 3.36. The summed E-state index contributed by atoms with van der Waals surface area (Å²) in [5.41, 5.74) is 0. The monoisotopic (exact) mass is 975 g/mol. The van der Waals surface area contributed by atoms with Crippen LogP contribution < -0.4 is 0 Å². The Labute approximate surface area is 435 Å². The van der Waals surface area contributed by atoms with Crippen molar-refractivity contribution in [3.05, 3.63) is 85.1 Å². The van der Waals surface area contributed by atoms with Crippen LogP contribution in [0.3, 0.4) is 0 Å². The van der Waals surface area contributed by atoms with Crippen LogP contribution in [-0.4, -0.2) is 37.9 Å². The van der Waals surface area contributed by atoms with Crippen LogP contribution in [0, 0.1) is 0 Å². The molecule has 404 valence electrons. The van der Waals surface area contributed by atoms with Gasteiger partial charge in [0.2, 0.25) is 0 Å². The molecule has 0 heterocycles. The molecule has 1 atom stereocenters. The quantitative estimate of drug-likeness (QED) is 0.0345. The Bertz CT molecular complexity index is 1290. The molecule has 0 aliphatic heterocycles. The predicted octanol–water partition coefficient (Wildman–Crippen LogP) is 20.8. The molecule has 0 N–H and O–H groups in total. The molecule has 5 heteroatoms. The lowest BCUT2D eigenvalue weighted by Gasteiger charge is -2.18. The first-order chi connectivity index (χ1) is 34.6. The fraction of sp³-hybridized carbons (Fsp3) is 0.754. The van der Waals surface area contributed by atoms with Crippen LogP contribution in [0.2, 0.25) is 0 Å². The lowest BCUT2D eigenvalue weighted by atomic mass is 10.1. The highest BCUT2D eigenvalue weighted by Crippen LogP contribution is 2.15. The van der Waals surface area contributed by atoms with Crippen LogP contribution in [0.15, 0.2) is 85.1 Å². The summed E-state index contributed by atoms with van der Waals surface area (Å²) in [7, 11) is 0. The number of hydrogen-bond donors (Lipinski definition) is 0. The van der Waals surface area contributed by atoms with E-state index in [1.54, 1.807) is 0 Å². The van der Waals surface area contributed by atoms with Crippen molar-refractivity contribution in [2.75, 3.05) is 19.8 Å². The number of carbonyl (C=O) groups is 2. The van der Waals surface area contributed by atoms with Crippen LogP contribution in [0.4, 0.5) is 0 Å². The minimum Gasteiger partial charge on any atom is -0.462 e. The van der Waals surface area contributed by atoms with E-state index in [-0.39, 0.29) is 25.2 Å². The third-order valence-corrected chi connectivity index (χ3v) is 12.9. The van der Waals surface area contributed by atoms with Gasteiger partial charge in [-0.15, -0.1) is 0 Å². The van der Waals surface area contributed by atoms with Crippen molar-refractivity contribution in [2.45, 2.75) is 297 Å². The summed E-state index contributed by atoms with van der Waals surface area (Å²) in [6.07, 6.45) is 80.3. The first-order valence-electron chi connectivity index (χ1n) is 30.1. The summed E-state index contributed by atoms with van der Waals surface area (Å²) in [6, 6.07) is 0. The molecule has 0 aliphatic carbocycles. The standard InChI is InChI=1S/C65H114O5/c1-4-7-10-13-16-19-22-25-28-30-32-34-36-39-42-45-48-51-54-57-60-68-61-63(70-65(67)59-56-53-50-47-44-41-37-27-24-21-18-15-12-9-6-3)62-69-64(66)58-55-52-49-46-43-40-38-35-33-31-29-26-23-20-17-14-11-8-5-2/h8,11,16-17,19-20,25-29,33,35,37,63H,4-7,9-10,12-15,18,21-24,30-32,34,36,38-62H2,1-3H3/b11-8-,19-16-,20-17-,28-25-,29-26-,35-33-,37-27-. The van der Waals surface area contributed by atoms with Gasteiger partial charge >= 0.3 is 11.9 Å². The van der Waals surface area contributed by atoms with E-state index in [0.29, 0.717) is 19.4 Å². The lowest BCUT2D eigenvalue weighted by Crippen LogP contribution is -2.30. The van der Waals surface area contributed by atoms with Crippen molar-refractivity contribution in [1.29, 1.82) is 0 Å². The SMILES string of the molecule is CC/C=C\C/C=C\C/C=C\C/C=C\CCCCCCCCC(=O)OCC(COCCCCCCCCCCCC/C=C\C/C=C\CCCCC)OC(=O)CCCCCCC/C=C\CCCCCCCC. The molecule has 0 rings (SSSR count). The fourth-order valence-electron chi connectivity index (χ4n) is 8.41. The summed E-state index contributed by atoms with van der Waals surface area (Å²) in [6.45, 7) is 7.69. The van der Waals surface area contributed by atoms with Crippen molar-refractivity contribution in [3.8, 4) is 0 Å². The van der Waals surface area contributed by atoms with Crippen molar-refractivity contribution >= 4 is 11.9 Å². The molecule has 0 saturated heterocycles. The van der Waals surface area contributed by atoms with Crippen molar-refractivity contribution < 1.29 is 23.8 Å². The van der Waals surface area contributed by atoms with Gasteiger partial charge in [-0.3, -0.25) is 9.59 Å². The molecule has 70 heavy (non-hydrogen) atoms. The smallest absolute Gasteiger partial charge is 0.306 e. The van der Waals surface area contributed by atoms with Gasteiger partial charge in [-0.25, -0.2) is 0 Å². The minimum absolute atomic E-state index is 0.0712. The summed E-state index contributed by atoms with van der Waals surface area (Å²) in [4.78, 5) is 25.6. The van der Waals surface area contributed by atoms with Gasteiger partial charge in [0, 0.05) is 19.4 Å². The Hall–Kier alpha value is -2.92. The second-order valence-corrected chi connectivity index (χ2v) is 19.9. The van der Waals surface area contributed by atoms with E-state index >= 15 is 0 Å². The van der Waals surface area contributed by atoms with Crippen molar-refractivity contribution in [1.82, 2.24) is 0 Å². The molecule has 0 spiro atoms. The molecule has 0 aromatic carbocycles. The number of allylic oxidation sites excluding steroid dienone is 14. The number of hydrogen-bond acceptors (Lipinski definition) is 5. The number of unbranched alkanes of at least 4 members (excludes halogenated alkanes) is 30. The first kappa shape index (κ1) is 67.1. The van der Waals surface area contributed by atoms with Crippen LogP contribution in [0.25, 0.3) is 0 Å². The summed E-state index contributed by atoms with van der Waals surface area (Å²) in [5, 5.41) is 0. The third-order valence-electron chi connectivity index (χ3n) is 12.9. The van der Waals surface area contributed by atoms with Gasteiger partial charge in [0.25, 0.3) is 0 Å². The van der Waals surface area contributed by atoms with Crippen molar-refractivity contribution in [3.63, 3.8) is 0 Å². The predicted molar refractivity (Wildman–Crippen MR) is 307 cm³/mol. The summed E-state index contributed by atoms with van der Waals surface area (Å²) in [5.74, 6) is -0.417. The minimum atomic E-state index is -0.553. The highest BCUT2D eigenvalue weighted by Gasteiger charge is 2.17. The molecule has 0 aromatic heterocycles. The van der Waals surface area contributed by atoms with E-state index in [0.717, 1.165) is 96.3 Å². The molecule has 5 nitrogen and oxygen atoms in total. The Kier molecular flexibility index (Phi) is 57.9. The van der Waals surface area contributed by atoms with E-state index < -0.39 is 6.10 Å². The van der Waals surface area contributed by atoms with Gasteiger partial charge in [0.1, 0.15) is 6.61 Å². The topological polar surface area (TPSA) is 61.8 Å². The maximum absolute atomic E-state index is 12.9. The zero-order valence-electron chi connectivity index (χ0n) is 46.5. The lowest BCUT2D eigenvalue weighted by molar-refractivity contribution is -0.163. The van der Waals surface area contributed by atoms with E-state index in [2.05, 4.69) is 106 Å². The molecular formula is C65H114O5. The van der Waals surface area contributed by atoms with Gasteiger partial charge in [-0.2, -0.15) is 0 Å². The highest BCUT2D eigenvalue weighted by molar-refractivity contribution is 5.70. The number of carbonyl (C=O) groups excluding carboxylic acids is 2. The molecular weight excluding hydrogens is 861 g/mol. The molecule has 0 fully saturated rings. The van der Waals surface area contributed by atoms with E-state index in [4.69, 9.17) is 14.2 Å². The molecule has 0 amide bonds. The van der Waals surface area contributed by atoms with Gasteiger partial charge in [0.05, 0.1) is 6.61 Å². The average molecular weight is 976 g/mol. The first-order valence-corrected chi connectivity index (χ1v) is 30.1. The number of esters is 2. The van der Waals surface area contributed by atoms with Crippen LogP contribution in [0.5, 0.6) is 0 Å². The van der Waals surface area contributed by atoms with Crippen LogP contribution >= 0.6 is 0 Å². The normalized spacial score (nSPS) is 12.8. The van der Waals surface area contributed by atoms with Gasteiger partial charge in [0.15, 0.2) is 6.10 Å². The van der Waals surface area contributed by atoms with Gasteiger partial charge in [-0.1, -0.05) is 247 Å². The van der Waals surface area contributed by atoms with Crippen LogP contribution in [0.1, 0.15) is 290 Å². The Morgan fingerprint density at radius 2 is 0.643 bits per heavy atom. The third kappa shape index (κ3) is 57.7. The molecule has 0 saturated carbocycles. The maximum atomic E-state index is 12.9. The number of ether oxygens (including phenoxy) is 3. The molecule has 0 radical (unpaired) electrons. The maximum Gasteiger partial charge on any atom is 0.306 e. The van der Waals surface area contributed by atoms with Gasteiger partial charge in [-0.05, 0) is 116 Å². The Balaban J connectivity index is 4.30. The molecule has 0 aliphatic rings. The summed E-state index contributed by atoms with van der Waals surface area (Å²) < 4.78 is 17.5. The molecule has 0 aromatic rings. The van der Waals surface area contributed by atoms with E-state index in [1.807, 2.05) is 0 Å². The zero-order valence-corrected chi connectivity index (χ0v) is 46.5. The number of rotatable bonds is 55.